The number of carbonyl (C=O) groups is 1. The lowest BCUT2D eigenvalue weighted by molar-refractivity contribution is 0.0582. The first kappa shape index (κ1) is 14.8. The van der Waals surface area contributed by atoms with Crippen LogP contribution in [0.4, 0.5) is 5.69 Å². The van der Waals surface area contributed by atoms with E-state index in [1.165, 1.54) is 7.11 Å². The molecule has 24 heavy (non-hydrogen) atoms. The second kappa shape index (κ2) is 5.10. The second-order valence-electron chi connectivity index (χ2n) is 6.19. The maximum atomic E-state index is 13.2. The first-order valence-corrected chi connectivity index (χ1v) is 7.57. The summed E-state index contributed by atoms with van der Waals surface area (Å²) in [6, 6.07) is 5.13. The number of rotatable bonds is 2. The van der Waals surface area contributed by atoms with Gasteiger partial charge in [0, 0.05) is 24.3 Å². The molecule has 2 aromatic rings. The molecule has 7 heteroatoms. The number of furan rings is 1. The van der Waals surface area contributed by atoms with Crippen LogP contribution in [-0.2, 0) is 13.0 Å². The summed E-state index contributed by atoms with van der Waals surface area (Å²) in [5.41, 5.74) is 1.43. The number of hydrogen-bond acceptors (Lipinski definition) is 6. The number of fused-ring (bicyclic) bond motifs is 3. The highest BCUT2D eigenvalue weighted by Crippen LogP contribution is 2.40. The van der Waals surface area contributed by atoms with Crippen LogP contribution in [0.25, 0.3) is 0 Å². The monoisotopic (exact) mass is 327 g/mol. The normalized spacial score (nSPS) is 21.6. The highest BCUT2D eigenvalue weighted by atomic mass is 16.6. The van der Waals surface area contributed by atoms with Gasteiger partial charge in [-0.1, -0.05) is 0 Å². The lowest BCUT2D eigenvalue weighted by Crippen LogP contribution is -2.53. The van der Waals surface area contributed by atoms with Crippen molar-refractivity contribution in [2.75, 3.05) is 7.11 Å². The van der Waals surface area contributed by atoms with Crippen LogP contribution in [-0.4, -0.2) is 29.7 Å². The molecule has 0 saturated heterocycles. The van der Waals surface area contributed by atoms with Crippen molar-refractivity contribution in [3.05, 3.63) is 41.3 Å². The highest BCUT2D eigenvalue weighted by Gasteiger charge is 2.42. The minimum absolute atomic E-state index is 0.112. The number of methoxy groups -OCH3 is 1. The van der Waals surface area contributed by atoms with Gasteiger partial charge >= 0.3 is 0 Å². The summed E-state index contributed by atoms with van der Waals surface area (Å²) in [5, 5.41) is 0. The molecule has 0 aliphatic carbocycles. The van der Waals surface area contributed by atoms with E-state index in [4.69, 9.17) is 19.9 Å². The molecule has 1 aromatic carbocycles. The van der Waals surface area contributed by atoms with Crippen molar-refractivity contribution in [3.8, 4) is 11.5 Å². The third-order valence-corrected chi connectivity index (χ3v) is 4.67. The molecule has 2 aliphatic heterocycles. The highest BCUT2D eigenvalue weighted by molar-refractivity contribution is 6.04. The largest absolute Gasteiger partial charge is 0.493 e. The van der Waals surface area contributed by atoms with Crippen molar-refractivity contribution in [3.63, 3.8) is 0 Å². The van der Waals surface area contributed by atoms with E-state index in [0.717, 1.165) is 11.3 Å². The molecule has 0 saturated carbocycles. The van der Waals surface area contributed by atoms with Gasteiger partial charge in [-0.3, -0.25) is 9.79 Å². The van der Waals surface area contributed by atoms with Gasteiger partial charge in [0.1, 0.15) is 5.76 Å². The first-order chi connectivity index (χ1) is 11.6. The molecule has 3 heterocycles. The van der Waals surface area contributed by atoms with Gasteiger partial charge in [0.05, 0.1) is 36.7 Å². The number of carbonyl (C=O) groups excluding carboxylic acids is 1. The Bertz CT molecular complexity index is 858. The predicted molar refractivity (Wildman–Crippen MR) is 86.7 cm³/mol. The molecule has 1 amide bonds. The van der Waals surface area contributed by atoms with Crippen LogP contribution in [0.2, 0.25) is 0 Å². The van der Waals surface area contributed by atoms with Crippen LogP contribution in [0.1, 0.15) is 28.6 Å². The zero-order chi connectivity index (χ0) is 16.9. The van der Waals surface area contributed by atoms with Gasteiger partial charge in [-0.2, -0.15) is 5.90 Å². The van der Waals surface area contributed by atoms with Gasteiger partial charge < -0.3 is 18.9 Å². The van der Waals surface area contributed by atoms with Crippen LogP contribution in [0.5, 0.6) is 11.5 Å². The standard InChI is InChI=1S/C17H17N3O4/c1-17-7-15-10(3-4-23-15)8-20(17)16(21)11-5-13(22-2)14(24-18)6-12(11)19-9-17/h3-6,9H,7-8,18H2,1-2H3. The van der Waals surface area contributed by atoms with Crippen LogP contribution in [0.15, 0.2) is 33.9 Å². The van der Waals surface area contributed by atoms with Crippen molar-refractivity contribution in [1.29, 1.82) is 0 Å². The maximum Gasteiger partial charge on any atom is 0.257 e. The van der Waals surface area contributed by atoms with Gasteiger partial charge in [0.15, 0.2) is 11.5 Å². The van der Waals surface area contributed by atoms with Gasteiger partial charge in [-0.05, 0) is 19.1 Å². The van der Waals surface area contributed by atoms with E-state index in [9.17, 15) is 4.79 Å². The smallest absolute Gasteiger partial charge is 0.257 e. The van der Waals surface area contributed by atoms with Crippen molar-refractivity contribution < 1.29 is 18.8 Å². The number of benzene rings is 1. The SMILES string of the molecule is COc1cc2c(cc1ON)N=CC1(C)Cc3occc3CN1C2=O. The lowest BCUT2D eigenvalue weighted by atomic mass is 9.89. The zero-order valence-electron chi connectivity index (χ0n) is 13.4. The number of nitrogens with two attached hydrogens (primary N) is 1. The third-order valence-electron chi connectivity index (χ3n) is 4.67. The van der Waals surface area contributed by atoms with E-state index in [0.29, 0.717) is 35.7 Å². The summed E-state index contributed by atoms with van der Waals surface area (Å²) in [6.07, 6.45) is 4.02. The number of aliphatic imine (C=N–C) groups is 1. The van der Waals surface area contributed by atoms with Crippen molar-refractivity contribution in [2.24, 2.45) is 10.9 Å². The lowest BCUT2D eigenvalue weighted by Gasteiger charge is -2.40. The number of ether oxygens (including phenoxy) is 1. The van der Waals surface area contributed by atoms with Gasteiger partial charge in [0.25, 0.3) is 5.91 Å². The molecule has 1 aromatic heterocycles. The zero-order valence-corrected chi connectivity index (χ0v) is 13.4. The summed E-state index contributed by atoms with van der Waals surface area (Å²) in [6.45, 7) is 2.45. The first-order valence-electron chi connectivity index (χ1n) is 7.57. The minimum Gasteiger partial charge on any atom is -0.493 e. The Labute approximate surface area is 138 Å². The topological polar surface area (TPSA) is 90.3 Å². The molecule has 0 bridgehead atoms. The second-order valence-corrected chi connectivity index (χ2v) is 6.19. The summed E-state index contributed by atoms with van der Waals surface area (Å²) >= 11 is 0. The molecule has 7 nitrogen and oxygen atoms in total. The molecular formula is C17H17N3O4. The molecule has 0 radical (unpaired) electrons. The molecular weight excluding hydrogens is 310 g/mol. The van der Waals surface area contributed by atoms with E-state index >= 15 is 0 Å². The Morgan fingerprint density at radius 1 is 1.38 bits per heavy atom. The Morgan fingerprint density at radius 2 is 2.21 bits per heavy atom. The fraction of sp³-hybridized carbons (Fsp3) is 0.294. The van der Waals surface area contributed by atoms with Crippen LogP contribution in [0.3, 0.4) is 0 Å². The fourth-order valence-electron chi connectivity index (χ4n) is 3.29. The molecule has 1 atom stereocenters. The predicted octanol–water partition coefficient (Wildman–Crippen LogP) is 2.21. The molecule has 1 unspecified atom stereocenters. The molecule has 0 spiro atoms. The molecule has 2 N–H and O–H groups in total. The Kier molecular flexibility index (Phi) is 3.14. The van der Waals surface area contributed by atoms with Gasteiger partial charge in [-0.25, -0.2) is 0 Å². The van der Waals surface area contributed by atoms with E-state index in [-0.39, 0.29) is 5.91 Å². The number of amides is 1. The molecule has 2 aliphatic rings. The van der Waals surface area contributed by atoms with Crippen LogP contribution in [0, 0.1) is 0 Å². The van der Waals surface area contributed by atoms with E-state index in [2.05, 4.69) is 4.99 Å². The minimum atomic E-state index is -0.558. The van der Waals surface area contributed by atoms with Gasteiger partial charge in [0.2, 0.25) is 0 Å². The summed E-state index contributed by atoms with van der Waals surface area (Å²) < 4.78 is 10.8. The number of nitrogens with zero attached hydrogens (tertiary/aromatic N) is 2. The van der Waals surface area contributed by atoms with E-state index in [1.54, 1.807) is 24.6 Å². The quantitative estimate of drug-likeness (QED) is 0.854. The summed E-state index contributed by atoms with van der Waals surface area (Å²) in [7, 11) is 1.50. The average molecular weight is 327 g/mol. The summed E-state index contributed by atoms with van der Waals surface area (Å²) in [5.74, 6) is 6.78. The Hall–Kier alpha value is -2.80. The molecule has 0 fully saturated rings. The van der Waals surface area contributed by atoms with Crippen LogP contribution >= 0.6 is 0 Å². The van der Waals surface area contributed by atoms with Crippen molar-refractivity contribution >= 4 is 17.8 Å². The Morgan fingerprint density at radius 3 is 2.96 bits per heavy atom. The molecule has 4 rings (SSSR count). The Balaban J connectivity index is 1.85. The molecule has 124 valence electrons. The summed E-state index contributed by atoms with van der Waals surface area (Å²) in [4.78, 5) is 24.3. The maximum absolute atomic E-state index is 13.2. The van der Waals surface area contributed by atoms with Gasteiger partial charge in [-0.15, -0.1) is 0 Å². The van der Waals surface area contributed by atoms with Crippen molar-refractivity contribution in [2.45, 2.75) is 25.4 Å². The van der Waals surface area contributed by atoms with E-state index in [1.807, 2.05) is 17.9 Å². The average Bonchev–Trinajstić information content (AvgIpc) is 3.00. The van der Waals surface area contributed by atoms with Crippen LogP contribution < -0.4 is 15.5 Å². The fourth-order valence-corrected chi connectivity index (χ4v) is 3.29. The third kappa shape index (κ3) is 2.01. The van der Waals surface area contributed by atoms with Crippen molar-refractivity contribution in [1.82, 2.24) is 4.90 Å². The number of hydrogen-bond donors (Lipinski definition) is 1. The van der Waals surface area contributed by atoms with E-state index < -0.39 is 5.54 Å².